The molecular weight excluding hydrogens is 230 g/mol. The summed E-state index contributed by atoms with van der Waals surface area (Å²) >= 11 is 0. The Balaban J connectivity index is 2.30. The van der Waals surface area contributed by atoms with Crippen molar-refractivity contribution in [3.05, 3.63) is 66.2 Å². The highest BCUT2D eigenvalue weighted by Gasteiger charge is 2.26. The van der Waals surface area contributed by atoms with E-state index in [-0.39, 0.29) is 0 Å². The van der Waals surface area contributed by atoms with Crippen LogP contribution in [-0.2, 0) is 6.54 Å². The molecule has 1 atom stereocenters. The molecule has 2 rings (SSSR count). The molecule has 0 saturated heterocycles. The summed E-state index contributed by atoms with van der Waals surface area (Å²) in [4.78, 5) is 0. The van der Waals surface area contributed by atoms with Gasteiger partial charge in [0, 0.05) is 11.5 Å². The van der Waals surface area contributed by atoms with E-state index in [4.69, 9.17) is 0 Å². The van der Waals surface area contributed by atoms with E-state index in [1.54, 1.807) is 0 Å². The summed E-state index contributed by atoms with van der Waals surface area (Å²) in [6, 6.07) is 21.6. The van der Waals surface area contributed by atoms with Gasteiger partial charge in [0.2, 0.25) is 0 Å². The summed E-state index contributed by atoms with van der Waals surface area (Å²) in [6.45, 7) is 6.79. The molecule has 0 aliphatic rings. The molecule has 1 nitrogen and oxygen atoms in total. The van der Waals surface area contributed by atoms with Crippen molar-refractivity contribution in [3.8, 4) is 0 Å². The van der Waals surface area contributed by atoms with Crippen molar-refractivity contribution >= 4 is 5.69 Å². The number of hydrogen-bond acceptors (Lipinski definition) is 0. The molecule has 0 spiro atoms. The number of para-hydroxylation sites is 1. The van der Waals surface area contributed by atoms with Gasteiger partial charge in [-0.2, -0.15) is 0 Å². The van der Waals surface area contributed by atoms with Crippen molar-refractivity contribution in [1.29, 1.82) is 0 Å². The minimum Gasteiger partial charge on any atom is -0.290 e. The van der Waals surface area contributed by atoms with Crippen LogP contribution in [0.4, 0.5) is 5.69 Å². The van der Waals surface area contributed by atoms with Crippen LogP contribution in [0.15, 0.2) is 60.7 Å². The van der Waals surface area contributed by atoms with Crippen LogP contribution in [0.3, 0.4) is 0 Å². The van der Waals surface area contributed by atoms with Gasteiger partial charge in [-0.15, -0.1) is 0 Å². The van der Waals surface area contributed by atoms with Gasteiger partial charge in [-0.05, 0) is 12.1 Å². The first kappa shape index (κ1) is 13.8. The Hall–Kier alpha value is -1.60. The smallest absolute Gasteiger partial charge is 0.132 e. The molecule has 2 aromatic carbocycles. The predicted octanol–water partition coefficient (Wildman–Crippen LogP) is 4.48. The number of quaternary nitrogens is 1. The molecule has 0 aliphatic heterocycles. The van der Waals surface area contributed by atoms with E-state index in [0.29, 0.717) is 5.92 Å². The van der Waals surface area contributed by atoms with Gasteiger partial charge in [-0.25, -0.2) is 0 Å². The minimum absolute atomic E-state index is 0.675. The van der Waals surface area contributed by atoms with Crippen LogP contribution in [0.1, 0.15) is 19.4 Å². The maximum absolute atomic E-state index is 2.34. The standard InChI is InChI=1S/C18H24N/c1-16(2)14-19(3,18-12-8-5-9-13-18)15-17-10-6-4-7-11-17/h4-13,16H,14-15H2,1-3H3/q+1/t19-/m0/s1. The summed E-state index contributed by atoms with van der Waals surface area (Å²) < 4.78 is 0.961. The van der Waals surface area contributed by atoms with E-state index in [2.05, 4.69) is 81.6 Å². The third-order valence-electron chi connectivity index (χ3n) is 3.52. The van der Waals surface area contributed by atoms with Gasteiger partial charge >= 0.3 is 0 Å². The lowest BCUT2D eigenvalue weighted by Crippen LogP contribution is -2.46. The fourth-order valence-corrected chi connectivity index (χ4v) is 2.84. The number of nitrogens with zero attached hydrogens (tertiary/aromatic N) is 1. The molecule has 1 heteroatoms. The first-order valence-electron chi connectivity index (χ1n) is 7.04. The average Bonchev–Trinajstić information content (AvgIpc) is 2.40. The molecule has 0 saturated carbocycles. The Bertz CT molecular complexity index is 490. The zero-order chi connectivity index (χ0) is 13.7. The van der Waals surface area contributed by atoms with Gasteiger partial charge in [0.1, 0.15) is 12.2 Å². The quantitative estimate of drug-likeness (QED) is 0.690. The summed E-state index contributed by atoms with van der Waals surface area (Å²) in [5, 5.41) is 0. The lowest BCUT2D eigenvalue weighted by Gasteiger charge is -2.35. The number of benzene rings is 2. The monoisotopic (exact) mass is 254 g/mol. The van der Waals surface area contributed by atoms with Crippen LogP contribution in [0.2, 0.25) is 0 Å². The second-order valence-corrected chi connectivity index (χ2v) is 5.95. The maximum atomic E-state index is 2.34. The zero-order valence-corrected chi connectivity index (χ0v) is 12.2. The number of hydrogen-bond donors (Lipinski definition) is 0. The Morgan fingerprint density at radius 2 is 1.37 bits per heavy atom. The summed E-state index contributed by atoms with van der Waals surface area (Å²) in [6.07, 6.45) is 0. The third kappa shape index (κ3) is 3.68. The summed E-state index contributed by atoms with van der Waals surface area (Å²) in [5.41, 5.74) is 2.79. The molecule has 100 valence electrons. The van der Waals surface area contributed by atoms with Crippen molar-refractivity contribution in [3.63, 3.8) is 0 Å². The molecule has 0 N–H and O–H groups in total. The van der Waals surface area contributed by atoms with Gasteiger partial charge in [0.15, 0.2) is 0 Å². The number of rotatable bonds is 5. The average molecular weight is 254 g/mol. The molecule has 0 bridgehead atoms. The Labute approximate surface area is 117 Å². The van der Waals surface area contributed by atoms with E-state index in [9.17, 15) is 0 Å². The van der Waals surface area contributed by atoms with E-state index in [1.807, 2.05) is 0 Å². The lowest BCUT2D eigenvalue weighted by molar-refractivity contribution is 0.285. The lowest BCUT2D eigenvalue weighted by atomic mass is 10.1. The highest BCUT2D eigenvalue weighted by atomic mass is 15.3. The van der Waals surface area contributed by atoms with Crippen LogP contribution in [0, 0.1) is 5.92 Å². The maximum Gasteiger partial charge on any atom is 0.132 e. The van der Waals surface area contributed by atoms with Gasteiger partial charge in [0.25, 0.3) is 0 Å². The van der Waals surface area contributed by atoms with Crippen molar-refractivity contribution in [2.75, 3.05) is 13.6 Å². The highest BCUT2D eigenvalue weighted by molar-refractivity contribution is 5.42. The van der Waals surface area contributed by atoms with Crippen molar-refractivity contribution in [1.82, 2.24) is 4.48 Å². The molecule has 0 radical (unpaired) electrons. The first-order valence-corrected chi connectivity index (χ1v) is 7.04. The SMILES string of the molecule is CC(C)C[N@@+](C)(Cc1ccccc1)c1ccccc1. The van der Waals surface area contributed by atoms with E-state index < -0.39 is 0 Å². The molecule has 0 heterocycles. The molecule has 0 fully saturated rings. The first-order chi connectivity index (χ1) is 9.10. The van der Waals surface area contributed by atoms with E-state index >= 15 is 0 Å². The third-order valence-corrected chi connectivity index (χ3v) is 3.52. The topological polar surface area (TPSA) is 0 Å². The van der Waals surface area contributed by atoms with E-state index in [0.717, 1.165) is 17.6 Å². The van der Waals surface area contributed by atoms with E-state index in [1.165, 1.54) is 11.3 Å². The fraction of sp³-hybridized carbons (Fsp3) is 0.333. The van der Waals surface area contributed by atoms with Gasteiger partial charge < -0.3 is 0 Å². The molecule has 0 aliphatic carbocycles. The second kappa shape index (κ2) is 6.03. The molecule has 0 amide bonds. The van der Waals surface area contributed by atoms with Crippen LogP contribution in [0.5, 0.6) is 0 Å². The van der Waals surface area contributed by atoms with Gasteiger partial charge in [0.05, 0.1) is 13.6 Å². The fourth-order valence-electron chi connectivity index (χ4n) is 2.84. The van der Waals surface area contributed by atoms with Gasteiger partial charge in [-0.3, -0.25) is 4.48 Å². The summed E-state index contributed by atoms with van der Waals surface area (Å²) in [5.74, 6) is 0.675. The highest BCUT2D eigenvalue weighted by Crippen LogP contribution is 2.25. The van der Waals surface area contributed by atoms with Crippen LogP contribution < -0.4 is 4.48 Å². The van der Waals surface area contributed by atoms with Crippen molar-refractivity contribution in [2.45, 2.75) is 20.4 Å². The molecule has 0 aromatic heterocycles. The van der Waals surface area contributed by atoms with Crippen molar-refractivity contribution < 1.29 is 0 Å². The Morgan fingerprint density at radius 1 is 0.842 bits per heavy atom. The minimum atomic E-state index is 0.675. The Kier molecular flexibility index (Phi) is 4.39. The predicted molar refractivity (Wildman–Crippen MR) is 84.0 cm³/mol. The van der Waals surface area contributed by atoms with Crippen LogP contribution >= 0.6 is 0 Å². The zero-order valence-electron chi connectivity index (χ0n) is 12.2. The Morgan fingerprint density at radius 3 is 1.89 bits per heavy atom. The van der Waals surface area contributed by atoms with Crippen LogP contribution in [-0.4, -0.2) is 13.6 Å². The summed E-state index contributed by atoms with van der Waals surface area (Å²) in [7, 11) is 2.34. The van der Waals surface area contributed by atoms with Crippen molar-refractivity contribution in [2.24, 2.45) is 5.92 Å². The molecule has 2 aromatic rings. The molecular formula is C18H24N+. The second-order valence-electron chi connectivity index (χ2n) is 5.95. The van der Waals surface area contributed by atoms with Gasteiger partial charge in [-0.1, -0.05) is 62.4 Å². The molecule has 0 unspecified atom stereocenters. The molecule has 19 heavy (non-hydrogen) atoms. The van der Waals surface area contributed by atoms with Crippen LogP contribution in [0.25, 0.3) is 0 Å². The largest absolute Gasteiger partial charge is 0.290 e. The normalized spacial score (nSPS) is 14.3.